The van der Waals surface area contributed by atoms with Crippen molar-refractivity contribution < 1.29 is 102 Å². The molecule has 45 nitrogen and oxygen atoms in total. The zero-order valence-electron chi connectivity index (χ0n) is 51.5. The van der Waals surface area contributed by atoms with E-state index in [1.165, 1.54) is 4.68 Å². The van der Waals surface area contributed by atoms with Gasteiger partial charge in [-0.1, -0.05) is 5.21 Å². The third-order valence-electron chi connectivity index (χ3n) is 14.8. The van der Waals surface area contributed by atoms with Gasteiger partial charge in [0.05, 0.1) is 76.5 Å². The molecule has 5 fully saturated rings. The van der Waals surface area contributed by atoms with Crippen LogP contribution >= 0.6 is 0 Å². The summed E-state index contributed by atoms with van der Waals surface area (Å²) in [6.45, 7) is -0.136. The number of nitrogens with one attached hydrogen (secondary N) is 2. The predicted octanol–water partition coefficient (Wildman–Crippen LogP) is -13.8. The highest BCUT2D eigenvalue weighted by Gasteiger charge is 2.56. The molecule has 1 aromatic heterocycles. The Morgan fingerprint density at radius 3 is 1.61 bits per heavy atom. The van der Waals surface area contributed by atoms with Crippen LogP contribution in [0, 0.1) is 0 Å². The number of guanidine groups is 6. The van der Waals surface area contributed by atoms with Crippen molar-refractivity contribution in [1.29, 1.82) is 0 Å². The molecule has 1 aliphatic carbocycles. The molecule has 1 saturated carbocycles. The van der Waals surface area contributed by atoms with E-state index in [1.807, 2.05) is 0 Å². The van der Waals surface area contributed by atoms with Gasteiger partial charge in [-0.3, -0.25) is 29.2 Å². The third kappa shape index (κ3) is 23.0. The lowest BCUT2D eigenvalue weighted by molar-refractivity contribution is -0.306. The minimum Gasteiger partial charge on any atom is -0.388 e. The number of aryl methyl sites for hydroxylation is 1. The summed E-state index contributed by atoms with van der Waals surface area (Å²) in [5, 5.41) is 83.3. The lowest BCUT2D eigenvalue weighted by Crippen LogP contribution is -2.64. The molecular formula is C50H88N24O21. The maximum absolute atomic E-state index is 13.6. The van der Waals surface area contributed by atoms with E-state index in [0.29, 0.717) is 10.8 Å². The number of aliphatic hydroxyl groups is 6. The fraction of sp³-hybridized carbons (Fsp3) is 0.740. The average molecular weight is 1360 g/mol. The summed E-state index contributed by atoms with van der Waals surface area (Å²) in [6.07, 6.45) is -24.4. The molecule has 32 N–H and O–H groups in total. The number of carbonyl (C=O) groups excluding carboxylic acids is 5. The number of rotatable bonds is 35. The largest absolute Gasteiger partial charge is 0.388 e. The van der Waals surface area contributed by atoms with Crippen molar-refractivity contribution in [2.75, 3.05) is 59.2 Å². The van der Waals surface area contributed by atoms with Gasteiger partial charge in [-0.05, 0) is 19.3 Å². The van der Waals surface area contributed by atoms with Crippen molar-refractivity contribution in [3.63, 3.8) is 0 Å². The average Bonchev–Trinajstić information content (AvgIpc) is 1.70. The normalized spacial score (nSPS) is 30.5. The van der Waals surface area contributed by atoms with E-state index in [1.54, 1.807) is 6.20 Å². The highest BCUT2D eigenvalue weighted by Crippen LogP contribution is 2.38. The predicted molar refractivity (Wildman–Crippen MR) is 324 cm³/mol. The van der Waals surface area contributed by atoms with E-state index in [9.17, 15) is 54.6 Å². The van der Waals surface area contributed by atoms with Crippen LogP contribution < -0.4 is 79.4 Å². The van der Waals surface area contributed by atoms with Gasteiger partial charge < -0.3 is 158 Å². The van der Waals surface area contributed by atoms with Gasteiger partial charge in [0.1, 0.15) is 92.1 Å². The Kier molecular flexibility index (Phi) is 29.1. The van der Waals surface area contributed by atoms with Crippen LogP contribution in [0.4, 0.5) is 0 Å². The monoisotopic (exact) mass is 1360 g/mol. The molecule has 0 bridgehead atoms. The lowest BCUT2D eigenvalue weighted by atomic mass is 9.83. The van der Waals surface area contributed by atoms with Crippen LogP contribution in [-0.2, 0) is 84.6 Å². The summed E-state index contributed by atoms with van der Waals surface area (Å²) in [7, 11) is 0. The first kappa shape index (κ1) is 75.7. The topological polar surface area (TPSA) is 743 Å². The molecule has 4 amide bonds. The molecule has 4 saturated heterocycles. The molecule has 45 heteroatoms. The minimum atomic E-state index is -1.97. The van der Waals surface area contributed by atoms with Gasteiger partial charge in [0.15, 0.2) is 54.6 Å². The highest BCUT2D eigenvalue weighted by atomic mass is 16.8. The van der Waals surface area contributed by atoms with Gasteiger partial charge in [0, 0.05) is 38.8 Å². The molecule has 1 aromatic rings. The van der Waals surface area contributed by atoms with E-state index in [4.69, 9.17) is 116 Å². The van der Waals surface area contributed by atoms with Crippen LogP contribution in [0.3, 0.4) is 0 Å². The lowest BCUT2D eigenvalue weighted by Gasteiger charge is -2.47. The molecule has 0 aromatic carbocycles. The van der Waals surface area contributed by atoms with E-state index < -0.39 is 201 Å². The van der Waals surface area contributed by atoms with E-state index >= 15 is 0 Å². The number of nitrogens with two attached hydrogens (primary N) is 12. The summed E-state index contributed by atoms with van der Waals surface area (Å²) in [6, 6.07) is -5.79. The number of hydrogen-bond donors (Lipinski definition) is 20. The number of aliphatic imine (C=N–C) groups is 6. The Bertz CT molecular complexity index is 2850. The fourth-order valence-corrected chi connectivity index (χ4v) is 10.3. The van der Waals surface area contributed by atoms with Crippen LogP contribution in [0.25, 0.3) is 0 Å². The maximum atomic E-state index is 13.6. The molecule has 19 atom stereocenters. The molecule has 0 spiro atoms. The summed E-state index contributed by atoms with van der Waals surface area (Å²) < 4.78 is 55.6. The van der Waals surface area contributed by atoms with Crippen LogP contribution in [0.15, 0.2) is 36.2 Å². The number of imide groups is 1. The molecule has 0 unspecified atom stereocenters. The van der Waals surface area contributed by atoms with Crippen LogP contribution in [0.5, 0.6) is 0 Å². The Morgan fingerprint density at radius 1 is 0.547 bits per heavy atom. The second-order valence-electron chi connectivity index (χ2n) is 22.0. The Labute approximate surface area is 541 Å². The van der Waals surface area contributed by atoms with Crippen LogP contribution in [-0.4, -0.2) is 292 Å². The Morgan fingerprint density at radius 2 is 1.05 bits per heavy atom. The van der Waals surface area contributed by atoms with Crippen LogP contribution in [0.1, 0.15) is 50.6 Å². The van der Waals surface area contributed by atoms with Gasteiger partial charge in [-0.2, -0.15) is 0 Å². The Hall–Kier alpha value is -8.29. The fourth-order valence-electron chi connectivity index (χ4n) is 10.3. The minimum absolute atomic E-state index is 0.0167. The van der Waals surface area contributed by atoms with E-state index in [0.717, 1.165) is 0 Å². The zero-order chi connectivity index (χ0) is 69.6. The second kappa shape index (κ2) is 36.6. The van der Waals surface area contributed by atoms with E-state index in [-0.39, 0.29) is 97.7 Å². The van der Waals surface area contributed by atoms with Crippen molar-refractivity contribution in [3.8, 4) is 0 Å². The zero-order valence-corrected chi connectivity index (χ0v) is 51.5. The number of nitrogens with zero attached hydrogens (tertiary/aromatic N) is 10. The molecule has 5 aliphatic rings. The molecule has 6 rings (SSSR count). The first-order valence-corrected chi connectivity index (χ1v) is 29.8. The smallest absolute Gasteiger partial charge is 0.333 e. The SMILES string of the molecule is NC(N)=NC[C@@H]1O[C@@H](O[C@H]2[C@@H](O)[C@H](O[C@@H]3[C@@H](O)[C@H](N=C(N)N)C[C@H](N=C(N)N)[C@H]3O[C@H]3O[C@H](CN=C(N)N)[C@@H](O)[C@H](O)[C@H]3N=C(N)N)O[C@@H]2CNC(=O)CCCc2cn(COCCOCCOCCNC(=O)CCC(=O)ON3C(=O)CCC3=O)nn2)[C@@H](N=C(N)N)[C@H](O)[C@H]1O. The molecule has 95 heavy (non-hydrogen) atoms. The van der Waals surface area contributed by atoms with Gasteiger partial charge in [-0.25, -0.2) is 29.4 Å². The second-order valence-corrected chi connectivity index (χ2v) is 22.0. The van der Waals surface area contributed by atoms with Crippen molar-refractivity contribution in [3.05, 3.63) is 11.9 Å². The number of aromatic nitrogens is 3. The van der Waals surface area contributed by atoms with Crippen molar-refractivity contribution in [2.24, 2.45) is 98.8 Å². The number of hydrogen-bond acceptors (Lipinski definition) is 29. The molecule has 5 heterocycles. The summed E-state index contributed by atoms with van der Waals surface area (Å²) >= 11 is 0. The molecule has 0 radical (unpaired) electrons. The first-order valence-electron chi connectivity index (χ1n) is 29.8. The maximum Gasteiger partial charge on any atom is 0.333 e. The van der Waals surface area contributed by atoms with Gasteiger partial charge >= 0.3 is 5.97 Å². The third-order valence-corrected chi connectivity index (χ3v) is 14.8. The number of hydroxylamine groups is 2. The first-order chi connectivity index (χ1) is 45.1. The quantitative estimate of drug-likeness (QED) is 0.0130. The number of amides is 4. The number of aliphatic hydroxyl groups excluding tert-OH is 6. The highest BCUT2D eigenvalue weighted by molar-refractivity contribution is 6.01. The van der Waals surface area contributed by atoms with Gasteiger partial charge in [0.25, 0.3) is 11.8 Å². The van der Waals surface area contributed by atoms with Crippen molar-refractivity contribution in [2.45, 2.75) is 174 Å². The van der Waals surface area contributed by atoms with Crippen LogP contribution in [0.2, 0.25) is 0 Å². The summed E-state index contributed by atoms with van der Waals surface area (Å²) in [4.78, 5) is 89.7. The molecular weight excluding hydrogens is 1270 g/mol. The summed E-state index contributed by atoms with van der Waals surface area (Å²) in [5.74, 6) is -6.07. The molecule has 534 valence electrons. The molecule has 4 aliphatic heterocycles. The number of ether oxygens (including phenoxy) is 9. The standard InChI is InChI=1S/C50H88N24O21/c51-45(52)65-15-23-34(81)36(83)31(69-49(59)60)42(89-23)92-39-22(68-48(57)58)14-21(67-47(55)56)33(80)41(39)94-44-38(85)40(93-43-32(70-50(61)62)37(84)35(82)24(90-43)16-66-46(53)54)25(91-44)17-64-26(75)3-1-2-20-18-73(72-71-20)19-88-13-12-87-11-10-86-9-8-63-27(76)4-7-30(79)95-74-28(77)5-6-29(74)78/h18,21-25,31-44,80-85H,1-17,19H2,(H,63,76)(H,64,75)(H4,51,52,65)(H4,53,54,66)(H4,55,56,67)(H4,57,58,68)(H4,59,60,69)(H4,61,62,70)/t21-,22+,23-,24+,25-,31-,32+,33+,34-,35+,36-,37+,38-,39-,40-,41-,42-,43+,44+/m1/s1. The van der Waals surface area contributed by atoms with Crippen molar-refractivity contribution >= 4 is 65.4 Å². The summed E-state index contributed by atoms with van der Waals surface area (Å²) in [5.41, 5.74) is 69.1. The number of carbonyl (C=O) groups is 5. The van der Waals surface area contributed by atoms with E-state index in [2.05, 4.69) is 50.9 Å². The van der Waals surface area contributed by atoms with Crippen molar-refractivity contribution in [1.82, 2.24) is 30.7 Å². The Balaban J connectivity index is 1.08. The van der Waals surface area contributed by atoms with Gasteiger partial charge in [0.2, 0.25) is 11.8 Å². The van der Waals surface area contributed by atoms with Gasteiger partial charge in [-0.15, -0.1) is 10.2 Å².